The summed E-state index contributed by atoms with van der Waals surface area (Å²) in [5.41, 5.74) is 8.17. The smallest absolute Gasteiger partial charge is 0.251 e. The third-order valence-corrected chi connectivity index (χ3v) is 5.11. The van der Waals surface area contributed by atoms with Gasteiger partial charge >= 0.3 is 0 Å². The fourth-order valence-corrected chi connectivity index (χ4v) is 4.16. The van der Waals surface area contributed by atoms with Gasteiger partial charge < -0.3 is 11.1 Å². The Morgan fingerprint density at radius 1 is 1.18 bits per heavy atom. The summed E-state index contributed by atoms with van der Waals surface area (Å²) in [5, 5.41) is 3.49. The summed E-state index contributed by atoms with van der Waals surface area (Å²) < 4.78 is 0. The van der Waals surface area contributed by atoms with Crippen molar-refractivity contribution in [2.45, 2.75) is 32.1 Å². The Morgan fingerprint density at radius 2 is 1.95 bits per heavy atom. The number of hydrogen-bond donors (Lipinski definition) is 2. The van der Waals surface area contributed by atoms with Gasteiger partial charge in [0.1, 0.15) is 5.00 Å². The molecule has 0 fully saturated rings. The molecular weight excluding hydrogens is 296 g/mol. The van der Waals surface area contributed by atoms with Crippen LogP contribution in [0.4, 0.5) is 5.00 Å². The highest BCUT2D eigenvalue weighted by atomic mass is 32.1. The fourth-order valence-electron chi connectivity index (χ4n) is 2.84. The molecule has 0 saturated carbocycles. The van der Waals surface area contributed by atoms with Crippen molar-refractivity contribution in [2.24, 2.45) is 5.73 Å². The topological polar surface area (TPSA) is 72.2 Å². The Bertz CT molecular complexity index is 707. The number of fused-ring (bicyclic) bond motifs is 1. The average Bonchev–Trinajstić information content (AvgIpc) is 3.06. The summed E-state index contributed by atoms with van der Waals surface area (Å²) in [5.74, 6) is -0.524. The molecular formula is C17H18N2O2S. The molecule has 0 unspecified atom stereocenters. The zero-order chi connectivity index (χ0) is 15.5. The second kappa shape index (κ2) is 6.32. The molecule has 4 nitrogen and oxygen atoms in total. The van der Waals surface area contributed by atoms with Crippen molar-refractivity contribution < 1.29 is 9.59 Å². The van der Waals surface area contributed by atoms with Crippen LogP contribution in [0.25, 0.3) is 0 Å². The van der Waals surface area contributed by atoms with E-state index >= 15 is 0 Å². The van der Waals surface area contributed by atoms with Gasteiger partial charge in [-0.1, -0.05) is 30.3 Å². The van der Waals surface area contributed by atoms with Crippen molar-refractivity contribution in [3.63, 3.8) is 0 Å². The maximum Gasteiger partial charge on any atom is 0.251 e. The highest BCUT2D eigenvalue weighted by Crippen LogP contribution is 2.38. The van der Waals surface area contributed by atoms with E-state index < -0.39 is 5.91 Å². The molecule has 3 rings (SSSR count). The normalized spacial score (nSPS) is 12.9. The van der Waals surface area contributed by atoms with Gasteiger partial charge in [0.05, 0.1) is 5.56 Å². The van der Waals surface area contributed by atoms with Crippen LogP contribution in [0.3, 0.4) is 0 Å². The fraction of sp³-hybridized carbons (Fsp3) is 0.294. The van der Waals surface area contributed by atoms with Gasteiger partial charge in [0.15, 0.2) is 0 Å². The van der Waals surface area contributed by atoms with Crippen LogP contribution >= 0.6 is 11.3 Å². The summed E-state index contributed by atoms with van der Waals surface area (Å²) >= 11 is 1.49. The van der Waals surface area contributed by atoms with Gasteiger partial charge in [-0.2, -0.15) is 0 Å². The quantitative estimate of drug-likeness (QED) is 0.890. The lowest BCUT2D eigenvalue weighted by atomic mass is 10.1. The third kappa shape index (κ3) is 3.04. The summed E-state index contributed by atoms with van der Waals surface area (Å²) in [4.78, 5) is 25.0. The summed E-state index contributed by atoms with van der Waals surface area (Å²) in [6, 6.07) is 9.88. The number of anilines is 1. The number of aryl methyl sites for hydroxylation is 2. The Labute approximate surface area is 133 Å². The molecule has 2 aromatic rings. The molecule has 3 N–H and O–H groups in total. The van der Waals surface area contributed by atoms with Crippen LogP contribution in [0.1, 0.15) is 39.2 Å². The lowest BCUT2D eigenvalue weighted by molar-refractivity contribution is -0.116. The van der Waals surface area contributed by atoms with E-state index in [0.717, 1.165) is 30.4 Å². The molecule has 5 heteroatoms. The number of carbonyl (C=O) groups excluding carboxylic acids is 2. The highest BCUT2D eigenvalue weighted by molar-refractivity contribution is 7.17. The first-order valence-electron chi connectivity index (χ1n) is 7.43. The number of nitrogens with two attached hydrogens (primary N) is 1. The standard InChI is InChI=1S/C17H18N2O2S/c18-16(21)15-12-7-4-8-13(12)22-17(15)19-14(20)10-9-11-5-2-1-3-6-11/h1-3,5-6H,4,7-10H2,(H2,18,21)(H,19,20). The molecule has 0 atom stereocenters. The number of thiophene rings is 1. The van der Waals surface area contributed by atoms with E-state index in [1.165, 1.54) is 16.2 Å². The predicted molar refractivity (Wildman–Crippen MR) is 88.3 cm³/mol. The van der Waals surface area contributed by atoms with Crippen molar-refractivity contribution in [1.82, 2.24) is 0 Å². The first-order chi connectivity index (χ1) is 10.6. The molecule has 22 heavy (non-hydrogen) atoms. The van der Waals surface area contributed by atoms with E-state index in [4.69, 9.17) is 5.73 Å². The second-order valence-electron chi connectivity index (χ2n) is 5.46. The van der Waals surface area contributed by atoms with Crippen molar-refractivity contribution in [3.05, 3.63) is 51.9 Å². The Balaban J connectivity index is 1.68. The molecule has 1 aromatic carbocycles. The van der Waals surface area contributed by atoms with Gasteiger partial charge in [0.25, 0.3) is 5.91 Å². The van der Waals surface area contributed by atoms with Crippen LogP contribution in [0.5, 0.6) is 0 Å². The molecule has 0 spiro atoms. The van der Waals surface area contributed by atoms with Crippen LogP contribution in [-0.2, 0) is 24.1 Å². The van der Waals surface area contributed by atoms with E-state index in [9.17, 15) is 9.59 Å². The van der Waals surface area contributed by atoms with Gasteiger partial charge in [0, 0.05) is 11.3 Å². The van der Waals surface area contributed by atoms with Gasteiger partial charge in [0.2, 0.25) is 5.91 Å². The highest BCUT2D eigenvalue weighted by Gasteiger charge is 2.25. The van der Waals surface area contributed by atoms with E-state index in [1.54, 1.807) is 0 Å². The lowest BCUT2D eigenvalue weighted by Crippen LogP contribution is -2.18. The molecule has 0 bridgehead atoms. The number of carbonyl (C=O) groups is 2. The first kappa shape index (κ1) is 14.8. The Morgan fingerprint density at radius 3 is 2.68 bits per heavy atom. The number of nitrogens with one attached hydrogen (secondary N) is 1. The van der Waals surface area contributed by atoms with Crippen molar-refractivity contribution in [2.75, 3.05) is 5.32 Å². The van der Waals surface area contributed by atoms with Crippen LogP contribution < -0.4 is 11.1 Å². The molecule has 1 heterocycles. The van der Waals surface area contributed by atoms with Gasteiger partial charge in [-0.05, 0) is 36.8 Å². The van der Waals surface area contributed by atoms with Gasteiger partial charge in [-0.15, -0.1) is 11.3 Å². The minimum absolute atomic E-state index is 0.0775. The second-order valence-corrected chi connectivity index (χ2v) is 6.56. The van der Waals surface area contributed by atoms with Gasteiger partial charge in [-0.25, -0.2) is 0 Å². The van der Waals surface area contributed by atoms with Crippen molar-refractivity contribution in [3.8, 4) is 0 Å². The van der Waals surface area contributed by atoms with E-state index in [0.29, 0.717) is 23.4 Å². The largest absolute Gasteiger partial charge is 0.365 e. The number of amides is 2. The van der Waals surface area contributed by atoms with Crippen LogP contribution in [-0.4, -0.2) is 11.8 Å². The van der Waals surface area contributed by atoms with Crippen molar-refractivity contribution >= 4 is 28.2 Å². The van der Waals surface area contributed by atoms with Crippen molar-refractivity contribution in [1.29, 1.82) is 0 Å². The number of rotatable bonds is 5. The van der Waals surface area contributed by atoms with Crippen LogP contribution in [0, 0.1) is 0 Å². The summed E-state index contributed by atoms with van der Waals surface area (Å²) in [6.07, 6.45) is 3.99. The SMILES string of the molecule is NC(=O)c1c(NC(=O)CCc2ccccc2)sc2c1CCC2. The molecule has 0 radical (unpaired) electrons. The van der Waals surface area contributed by atoms with Crippen LogP contribution in [0.15, 0.2) is 30.3 Å². The van der Waals surface area contributed by atoms with Crippen LogP contribution in [0.2, 0.25) is 0 Å². The zero-order valence-electron chi connectivity index (χ0n) is 12.2. The molecule has 1 aliphatic rings. The maximum atomic E-state index is 12.1. The number of hydrogen-bond acceptors (Lipinski definition) is 3. The monoisotopic (exact) mass is 314 g/mol. The predicted octanol–water partition coefficient (Wildman–Crippen LogP) is 2.91. The maximum absolute atomic E-state index is 12.1. The van der Waals surface area contributed by atoms with E-state index in [1.807, 2.05) is 30.3 Å². The number of primary amides is 1. The molecule has 0 aliphatic heterocycles. The Hall–Kier alpha value is -2.14. The average molecular weight is 314 g/mol. The summed E-state index contributed by atoms with van der Waals surface area (Å²) in [6.45, 7) is 0. The minimum atomic E-state index is -0.447. The summed E-state index contributed by atoms with van der Waals surface area (Å²) in [7, 11) is 0. The van der Waals surface area contributed by atoms with E-state index in [-0.39, 0.29) is 5.91 Å². The first-order valence-corrected chi connectivity index (χ1v) is 8.25. The molecule has 2 amide bonds. The van der Waals surface area contributed by atoms with Gasteiger partial charge in [-0.3, -0.25) is 9.59 Å². The third-order valence-electron chi connectivity index (χ3n) is 3.90. The minimum Gasteiger partial charge on any atom is -0.365 e. The molecule has 1 aromatic heterocycles. The zero-order valence-corrected chi connectivity index (χ0v) is 13.0. The molecule has 0 saturated heterocycles. The molecule has 114 valence electrons. The Kier molecular flexibility index (Phi) is 4.24. The lowest BCUT2D eigenvalue weighted by Gasteiger charge is -2.06. The number of benzene rings is 1. The molecule has 1 aliphatic carbocycles. The van der Waals surface area contributed by atoms with E-state index in [2.05, 4.69) is 5.32 Å².